The summed E-state index contributed by atoms with van der Waals surface area (Å²) in [6.45, 7) is 2.42. The van der Waals surface area contributed by atoms with Gasteiger partial charge in [0.15, 0.2) is 0 Å². The van der Waals surface area contributed by atoms with E-state index < -0.39 is 0 Å². The summed E-state index contributed by atoms with van der Waals surface area (Å²) in [4.78, 5) is 0. The fourth-order valence-electron chi connectivity index (χ4n) is 0.557. The van der Waals surface area contributed by atoms with Crippen molar-refractivity contribution in [3.05, 3.63) is 0 Å². The third-order valence-corrected chi connectivity index (χ3v) is 1.67. The Bertz CT molecular complexity index is 78.9. The third kappa shape index (κ3) is 3.15. The molecule has 0 spiro atoms. The van der Waals surface area contributed by atoms with Crippen LogP contribution in [-0.2, 0) is 4.74 Å². The van der Waals surface area contributed by atoms with Crippen molar-refractivity contribution < 1.29 is 14.9 Å². The highest BCUT2D eigenvalue weighted by Gasteiger charge is 2.21. The Kier molecular flexibility index (Phi) is 4.60. The highest BCUT2D eigenvalue weighted by Crippen LogP contribution is 2.18. The predicted octanol–water partition coefficient (Wildman–Crippen LogP) is 0.0138. The molecule has 3 nitrogen and oxygen atoms in total. The fraction of sp³-hybridized carbons (Fsp3) is 1.00. The van der Waals surface area contributed by atoms with Crippen LogP contribution in [0.15, 0.2) is 0 Å². The second-order valence-corrected chi connectivity index (χ2v) is 2.87. The van der Waals surface area contributed by atoms with Crippen molar-refractivity contribution >= 4 is 0 Å². The fourth-order valence-corrected chi connectivity index (χ4v) is 0.557. The van der Waals surface area contributed by atoms with Gasteiger partial charge in [-0.3, -0.25) is 0 Å². The highest BCUT2D eigenvalue weighted by molar-refractivity contribution is 4.71. The van der Waals surface area contributed by atoms with Crippen LogP contribution in [0.1, 0.15) is 13.3 Å². The smallest absolute Gasteiger partial charge is 0.0507 e. The van der Waals surface area contributed by atoms with Gasteiger partial charge in [-0.15, -0.1) is 0 Å². The summed E-state index contributed by atoms with van der Waals surface area (Å²) >= 11 is 0. The van der Waals surface area contributed by atoms with E-state index in [9.17, 15) is 0 Å². The van der Waals surface area contributed by atoms with Crippen molar-refractivity contribution in [3.8, 4) is 0 Å². The molecule has 2 N–H and O–H groups in total. The van der Waals surface area contributed by atoms with Gasteiger partial charge >= 0.3 is 0 Å². The molecule has 0 aliphatic rings. The maximum Gasteiger partial charge on any atom is 0.0507 e. The molecule has 0 rings (SSSR count). The molecule has 0 aliphatic heterocycles. The molecule has 0 unspecified atom stereocenters. The molecule has 0 saturated heterocycles. The van der Waals surface area contributed by atoms with E-state index >= 15 is 0 Å². The minimum atomic E-state index is -0.379. The van der Waals surface area contributed by atoms with Gasteiger partial charge < -0.3 is 14.9 Å². The molecule has 0 atom stereocenters. The summed E-state index contributed by atoms with van der Waals surface area (Å²) in [7, 11) is 1.61. The first-order valence-corrected chi connectivity index (χ1v) is 3.39. The minimum absolute atomic E-state index is 0.00681. The van der Waals surface area contributed by atoms with Crippen molar-refractivity contribution in [3.63, 3.8) is 0 Å². The average molecular weight is 148 g/mol. The summed E-state index contributed by atoms with van der Waals surface area (Å²) in [5.41, 5.74) is -0.379. The van der Waals surface area contributed by atoms with Gasteiger partial charge in [0.25, 0.3) is 0 Å². The van der Waals surface area contributed by atoms with Crippen LogP contribution in [-0.4, -0.2) is 37.1 Å². The minimum Gasteiger partial charge on any atom is -0.396 e. The van der Waals surface area contributed by atoms with Crippen molar-refractivity contribution in [2.75, 3.05) is 26.9 Å². The first kappa shape index (κ1) is 9.88. The van der Waals surface area contributed by atoms with Crippen LogP contribution in [0.5, 0.6) is 0 Å². The molecular weight excluding hydrogens is 132 g/mol. The van der Waals surface area contributed by atoms with Crippen LogP contribution in [0, 0.1) is 5.41 Å². The molecule has 0 heterocycles. The summed E-state index contributed by atoms with van der Waals surface area (Å²) in [6, 6.07) is 0. The van der Waals surface area contributed by atoms with Gasteiger partial charge in [-0.2, -0.15) is 0 Å². The molecule has 0 aliphatic carbocycles. The van der Waals surface area contributed by atoms with Crippen molar-refractivity contribution in [2.24, 2.45) is 5.41 Å². The Hall–Kier alpha value is -0.120. The lowest BCUT2D eigenvalue weighted by Crippen LogP contribution is -2.27. The number of methoxy groups -OCH3 is 1. The van der Waals surface area contributed by atoms with Crippen LogP contribution < -0.4 is 0 Å². The average Bonchev–Trinajstić information content (AvgIpc) is 2.00. The maximum atomic E-state index is 8.80. The van der Waals surface area contributed by atoms with Crippen LogP contribution in [0.3, 0.4) is 0 Å². The largest absolute Gasteiger partial charge is 0.396 e. The maximum absolute atomic E-state index is 8.80. The zero-order chi connectivity index (χ0) is 8.04. The van der Waals surface area contributed by atoms with E-state index in [0.29, 0.717) is 13.0 Å². The van der Waals surface area contributed by atoms with Gasteiger partial charge in [0, 0.05) is 19.1 Å². The SMILES string of the molecule is COCCC(C)(CO)CO. The lowest BCUT2D eigenvalue weighted by atomic mass is 9.89. The summed E-state index contributed by atoms with van der Waals surface area (Å²) in [6.07, 6.45) is 0.691. The molecule has 0 bridgehead atoms. The van der Waals surface area contributed by atoms with E-state index in [0.717, 1.165) is 0 Å². The van der Waals surface area contributed by atoms with Gasteiger partial charge in [0.1, 0.15) is 0 Å². The van der Waals surface area contributed by atoms with Crippen LogP contribution in [0.2, 0.25) is 0 Å². The monoisotopic (exact) mass is 148 g/mol. The van der Waals surface area contributed by atoms with Crippen molar-refractivity contribution in [1.82, 2.24) is 0 Å². The Labute approximate surface area is 61.6 Å². The standard InChI is InChI=1S/C7H16O3/c1-7(5-8,6-9)3-4-10-2/h8-9H,3-6H2,1-2H3. The normalized spacial score (nSPS) is 12.0. The van der Waals surface area contributed by atoms with Crippen molar-refractivity contribution in [2.45, 2.75) is 13.3 Å². The molecular formula is C7H16O3. The zero-order valence-corrected chi connectivity index (χ0v) is 6.63. The molecule has 0 aromatic heterocycles. The molecule has 0 aromatic carbocycles. The summed E-state index contributed by atoms with van der Waals surface area (Å²) in [5.74, 6) is 0. The molecule has 0 saturated carbocycles. The number of hydrogen-bond acceptors (Lipinski definition) is 3. The topological polar surface area (TPSA) is 49.7 Å². The highest BCUT2D eigenvalue weighted by atomic mass is 16.5. The Morgan fingerprint density at radius 1 is 1.30 bits per heavy atom. The molecule has 0 radical (unpaired) electrons. The van der Waals surface area contributed by atoms with E-state index in [4.69, 9.17) is 14.9 Å². The van der Waals surface area contributed by atoms with Crippen molar-refractivity contribution in [1.29, 1.82) is 0 Å². The Morgan fingerprint density at radius 2 is 1.80 bits per heavy atom. The van der Waals surface area contributed by atoms with Gasteiger partial charge in [0.05, 0.1) is 13.2 Å². The van der Waals surface area contributed by atoms with E-state index in [1.807, 2.05) is 6.92 Å². The lowest BCUT2D eigenvalue weighted by molar-refractivity contribution is 0.0389. The number of rotatable bonds is 5. The number of ether oxygens (including phenoxy) is 1. The number of aliphatic hydroxyl groups is 2. The molecule has 3 heteroatoms. The predicted molar refractivity (Wildman–Crippen MR) is 38.8 cm³/mol. The van der Waals surface area contributed by atoms with Crippen LogP contribution in [0.25, 0.3) is 0 Å². The first-order valence-electron chi connectivity index (χ1n) is 3.39. The Morgan fingerprint density at radius 3 is 2.10 bits per heavy atom. The number of aliphatic hydroxyl groups excluding tert-OH is 2. The molecule has 0 fully saturated rings. The van der Waals surface area contributed by atoms with Gasteiger partial charge in [-0.05, 0) is 6.42 Å². The second-order valence-electron chi connectivity index (χ2n) is 2.87. The second kappa shape index (κ2) is 4.66. The Balaban J connectivity index is 3.58. The molecule has 0 aromatic rings. The number of hydrogen-bond donors (Lipinski definition) is 2. The summed E-state index contributed by atoms with van der Waals surface area (Å²) < 4.78 is 4.82. The summed E-state index contributed by atoms with van der Waals surface area (Å²) in [5, 5.41) is 17.6. The van der Waals surface area contributed by atoms with Gasteiger partial charge in [-0.25, -0.2) is 0 Å². The van der Waals surface area contributed by atoms with E-state index in [-0.39, 0.29) is 18.6 Å². The van der Waals surface area contributed by atoms with E-state index in [2.05, 4.69) is 0 Å². The zero-order valence-electron chi connectivity index (χ0n) is 6.63. The first-order chi connectivity index (χ1) is 4.68. The van der Waals surface area contributed by atoms with Crippen LogP contribution in [0.4, 0.5) is 0 Å². The molecule has 10 heavy (non-hydrogen) atoms. The lowest BCUT2D eigenvalue weighted by Gasteiger charge is -2.23. The van der Waals surface area contributed by atoms with E-state index in [1.165, 1.54) is 0 Å². The van der Waals surface area contributed by atoms with E-state index in [1.54, 1.807) is 7.11 Å². The van der Waals surface area contributed by atoms with Gasteiger partial charge in [0.2, 0.25) is 0 Å². The molecule has 0 amide bonds. The van der Waals surface area contributed by atoms with Crippen LogP contribution >= 0.6 is 0 Å². The van der Waals surface area contributed by atoms with Gasteiger partial charge in [-0.1, -0.05) is 6.92 Å². The quantitative estimate of drug-likeness (QED) is 0.577. The molecule has 62 valence electrons. The third-order valence-electron chi connectivity index (χ3n) is 1.67.